The van der Waals surface area contributed by atoms with E-state index in [1.807, 2.05) is 10.7 Å². The van der Waals surface area contributed by atoms with Crippen molar-refractivity contribution >= 4 is 17.6 Å². The summed E-state index contributed by atoms with van der Waals surface area (Å²) in [6.07, 6.45) is 3.40. The lowest BCUT2D eigenvalue weighted by molar-refractivity contribution is -0.123. The molecule has 1 aliphatic rings. The monoisotopic (exact) mass is 382 g/mol. The molecular weight excluding hydrogens is 352 g/mol. The minimum absolute atomic E-state index is 0.0731. The number of rotatable bonds is 8. The highest BCUT2D eigenvalue weighted by Gasteiger charge is 2.28. The zero-order valence-corrected chi connectivity index (χ0v) is 17.0. The molecule has 0 spiro atoms. The van der Waals surface area contributed by atoms with Gasteiger partial charge in [-0.15, -0.1) is 0 Å². The molecule has 0 bridgehead atoms. The Balaban J connectivity index is 1.84. The first kappa shape index (κ1) is 20.1. The normalized spacial score (nSPS) is 16.4. The topological polar surface area (TPSA) is 76.0 Å². The third-order valence-corrected chi connectivity index (χ3v) is 5.06. The van der Waals surface area contributed by atoms with E-state index in [-0.39, 0.29) is 24.2 Å². The van der Waals surface area contributed by atoms with Gasteiger partial charge in [0.1, 0.15) is 0 Å². The molecule has 2 N–H and O–H groups in total. The van der Waals surface area contributed by atoms with E-state index in [2.05, 4.69) is 60.8 Å². The van der Waals surface area contributed by atoms with Crippen LogP contribution < -0.4 is 10.6 Å². The van der Waals surface area contributed by atoms with E-state index in [1.54, 1.807) is 0 Å². The van der Waals surface area contributed by atoms with Crippen LogP contribution in [0.5, 0.6) is 0 Å². The van der Waals surface area contributed by atoms with E-state index in [9.17, 15) is 9.59 Å². The quantitative estimate of drug-likeness (QED) is 0.732. The molecule has 0 unspecified atom stereocenters. The second kappa shape index (κ2) is 9.04. The molecule has 2 amide bonds. The number of benzene rings is 1. The highest BCUT2D eigenvalue weighted by molar-refractivity contribution is 5.96. The van der Waals surface area contributed by atoms with Crippen LogP contribution in [0.25, 0.3) is 11.3 Å². The van der Waals surface area contributed by atoms with Gasteiger partial charge in [0.15, 0.2) is 5.82 Å². The molecule has 1 saturated heterocycles. The van der Waals surface area contributed by atoms with Crippen LogP contribution in [0.4, 0.5) is 5.82 Å². The molecule has 1 aromatic carbocycles. The number of carbonyl (C=O) groups excluding carboxylic acids is 2. The lowest BCUT2D eigenvalue weighted by Gasteiger charge is -2.10. The number of aryl methyl sites for hydroxylation is 2. The van der Waals surface area contributed by atoms with Gasteiger partial charge in [-0.3, -0.25) is 14.3 Å². The molecule has 0 saturated carbocycles. The van der Waals surface area contributed by atoms with Gasteiger partial charge in [0, 0.05) is 31.1 Å². The van der Waals surface area contributed by atoms with E-state index in [0.717, 1.165) is 37.1 Å². The first-order chi connectivity index (χ1) is 13.5. The van der Waals surface area contributed by atoms with E-state index in [0.29, 0.717) is 18.3 Å². The van der Waals surface area contributed by atoms with Crippen molar-refractivity contribution < 1.29 is 9.59 Å². The Bertz CT molecular complexity index is 841. The van der Waals surface area contributed by atoms with Gasteiger partial charge < -0.3 is 10.6 Å². The molecule has 0 radical (unpaired) electrons. The summed E-state index contributed by atoms with van der Waals surface area (Å²) in [6, 6.07) is 10.5. The van der Waals surface area contributed by atoms with Crippen LogP contribution in [0.15, 0.2) is 30.3 Å². The maximum Gasteiger partial charge on any atom is 0.230 e. The van der Waals surface area contributed by atoms with Crippen molar-refractivity contribution in [1.82, 2.24) is 15.1 Å². The van der Waals surface area contributed by atoms with Gasteiger partial charge >= 0.3 is 0 Å². The summed E-state index contributed by atoms with van der Waals surface area (Å²) >= 11 is 0. The molecule has 1 aromatic heterocycles. The van der Waals surface area contributed by atoms with Gasteiger partial charge in [-0.25, -0.2) is 0 Å². The fourth-order valence-corrected chi connectivity index (χ4v) is 3.45. The molecule has 6 nitrogen and oxygen atoms in total. The summed E-state index contributed by atoms with van der Waals surface area (Å²) in [5.41, 5.74) is 3.42. The number of amides is 2. The molecule has 28 heavy (non-hydrogen) atoms. The standard InChI is InChI=1S/C22H30N4O2/c1-4-6-16-7-5-8-17(11-16)19-13-20(25-26(19)10-9-15(2)3)24-22(28)18-12-21(27)23-14-18/h5,7-8,11,13,15,18H,4,6,9-10,12,14H2,1-3H3,(H,23,27)(H,24,25,28)/t18-/m1/s1. The number of hydrogen-bond donors (Lipinski definition) is 2. The van der Waals surface area contributed by atoms with Gasteiger partial charge in [0.05, 0.1) is 11.6 Å². The summed E-state index contributed by atoms with van der Waals surface area (Å²) in [7, 11) is 0. The Morgan fingerprint density at radius 1 is 1.36 bits per heavy atom. The molecule has 3 rings (SSSR count). The van der Waals surface area contributed by atoms with Crippen molar-refractivity contribution in [3.63, 3.8) is 0 Å². The zero-order chi connectivity index (χ0) is 20.1. The molecule has 1 fully saturated rings. The van der Waals surface area contributed by atoms with Crippen molar-refractivity contribution in [2.24, 2.45) is 11.8 Å². The minimum Gasteiger partial charge on any atom is -0.355 e. The van der Waals surface area contributed by atoms with Crippen LogP contribution >= 0.6 is 0 Å². The lowest BCUT2D eigenvalue weighted by Crippen LogP contribution is -2.25. The smallest absolute Gasteiger partial charge is 0.230 e. The summed E-state index contributed by atoms with van der Waals surface area (Å²) in [4.78, 5) is 23.8. The fourth-order valence-electron chi connectivity index (χ4n) is 3.45. The predicted molar refractivity (Wildman–Crippen MR) is 111 cm³/mol. The van der Waals surface area contributed by atoms with Crippen LogP contribution in [0.2, 0.25) is 0 Å². The largest absolute Gasteiger partial charge is 0.355 e. The lowest BCUT2D eigenvalue weighted by atomic mass is 10.0. The van der Waals surface area contributed by atoms with Crippen molar-refractivity contribution in [3.8, 4) is 11.3 Å². The first-order valence-electron chi connectivity index (χ1n) is 10.2. The average Bonchev–Trinajstić information content (AvgIpc) is 3.27. The van der Waals surface area contributed by atoms with Gasteiger partial charge in [-0.2, -0.15) is 5.10 Å². The van der Waals surface area contributed by atoms with Gasteiger partial charge in [-0.1, -0.05) is 45.4 Å². The molecule has 6 heteroatoms. The molecule has 0 aliphatic carbocycles. The van der Waals surface area contributed by atoms with Gasteiger partial charge in [-0.05, 0) is 30.4 Å². The summed E-state index contributed by atoms with van der Waals surface area (Å²) in [5.74, 6) is 0.555. The summed E-state index contributed by atoms with van der Waals surface area (Å²) in [6.45, 7) is 7.75. The number of nitrogens with zero attached hydrogens (tertiary/aromatic N) is 2. The molecule has 1 atom stereocenters. The molecule has 2 heterocycles. The Morgan fingerprint density at radius 2 is 2.18 bits per heavy atom. The Hall–Kier alpha value is -2.63. The maximum atomic E-state index is 12.5. The number of nitrogens with one attached hydrogen (secondary N) is 2. The van der Waals surface area contributed by atoms with Crippen LogP contribution in [0.3, 0.4) is 0 Å². The molecule has 1 aliphatic heterocycles. The third-order valence-electron chi connectivity index (χ3n) is 5.06. The van der Waals surface area contributed by atoms with Gasteiger partial charge in [0.2, 0.25) is 11.8 Å². The van der Waals surface area contributed by atoms with E-state index in [1.165, 1.54) is 5.56 Å². The Morgan fingerprint density at radius 3 is 2.86 bits per heavy atom. The van der Waals surface area contributed by atoms with Crippen LogP contribution in [-0.4, -0.2) is 28.1 Å². The SMILES string of the molecule is CCCc1cccc(-c2cc(NC(=O)[C@H]3CNC(=O)C3)nn2CCC(C)C)c1. The van der Waals surface area contributed by atoms with Crippen molar-refractivity contribution in [1.29, 1.82) is 0 Å². The highest BCUT2D eigenvalue weighted by Crippen LogP contribution is 2.26. The number of carbonyl (C=O) groups is 2. The van der Waals surface area contributed by atoms with Crippen molar-refractivity contribution in [2.75, 3.05) is 11.9 Å². The van der Waals surface area contributed by atoms with E-state index in [4.69, 9.17) is 0 Å². The third kappa shape index (κ3) is 5.00. The maximum absolute atomic E-state index is 12.5. The fraction of sp³-hybridized carbons (Fsp3) is 0.500. The number of aromatic nitrogens is 2. The van der Waals surface area contributed by atoms with Crippen LogP contribution in [0.1, 0.15) is 45.6 Å². The molecule has 2 aromatic rings. The van der Waals surface area contributed by atoms with E-state index < -0.39 is 0 Å². The van der Waals surface area contributed by atoms with Crippen LogP contribution in [0, 0.1) is 11.8 Å². The van der Waals surface area contributed by atoms with E-state index >= 15 is 0 Å². The average molecular weight is 383 g/mol. The second-order valence-electron chi connectivity index (χ2n) is 7.97. The summed E-state index contributed by atoms with van der Waals surface area (Å²) in [5, 5.41) is 10.2. The zero-order valence-electron chi connectivity index (χ0n) is 17.0. The number of hydrogen-bond acceptors (Lipinski definition) is 3. The highest BCUT2D eigenvalue weighted by atomic mass is 16.2. The van der Waals surface area contributed by atoms with Gasteiger partial charge in [0.25, 0.3) is 0 Å². The van der Waals surface area contributed by atoms with Crippen LogP contribution in [-0.2, 0) is 22.6 Å². The Kier molecular flexibility index (Phi) is 6.49. The molecular formula is C22H30N4O2. The summed E-state index contributed by atoms with van der Waals surface area (Å²) < 4.78 is 1.98. The van der Waals surface area contributed by atoms with Crippen molar-refractivity contribution in [2.45, 2.75) is 53.0 Å². The minimum atomic E-state index is -0.329. The van der Waals surface area contributed by atoms with Crippen molar-refractivity contribution in [3.05, 3.63) is 35.9 Å². The molecule has 150 valence electrons. The second-order valence-corrected chi connectivity index (χ2v) is 7.97. The predicted octanol–water partition coefficient (Wildman–Crippen LogP) is 3.62. The first-order valence-corrected chi connectivity index (χ1v) is 10.2. The Labute approximate surface area is 166 Å². The number of anilines is 1.